The van der Waals surface area contributed by atoms with Gasteiger partial charge in [-0.3, -0.25) is 9.59 Å². The van der Waals surface area contributed by atoms with Crippen LogP contribution in [0.4, 0.5) is 5.69 Å². The zero-order valence-corrected chi connectivity index (χ0v) is 16.8. The summed E-state index contributed by atoms with van der Waals surface area (Å²) in [5.41, 5.74) is 1.05. The van der Waals surface area contributed by atoms with Crippen molar-refractivity contribution in [2.45, 2.75) is 32.1 Å². The number of amides is 1. The van der Waals surface area contributed by atoms with Crippen LogP contribution in [0.2, 0.25) is 0 Å². The summed E-state index contributed by atoms with van der Waals surface area (Å²) in [6.45, 7) is 5.09. The van der Waals surface area contributed by atoms with Gasteiger partial charge in [0.1, 0.15) is 0 Å². The summed E-state index contributed by atoms with van der Waals surface area (Å²) in [5.74, 6) is -0.234. The summed E-state index contributed by atoms with van der Waals surface area (Å²) >= 11 is 0. The number of carbonyl (C=O) groups excluding carboxylic acids is 1. The molecule has 1 aliphatic carbocycles. The predicted molar refractivity (Wildman–Crippen MR) is 109 cm³/mol. The topological polar surface area (TPSA) is 64.1 Å². The van der Waals surface area contributed by atoms with Gasteiger partial charge in [0.15, 0.2) is 0 Å². The quantitative estimate of drug-likeness (QED) is 0.844. The number of rotatable bonds is 5. The molecular weight excluding hydrogens is 354 g/mol. The molecule has 2 saturated heterocycles. The molecule has 1 amide bonds. The highest BCUT2D eigenvalue weighted by molar-refractivity contribution is 5.95. The number of aliphatic carboxylic acids is 1. The molecule has 2 aliphatic heterocycles. The van der Waals surface area contributed by atoms with Gasteiger partial charge in [0.25, 0.3) is 5.91 Å². The first-order valence-corrected chi connectivity index (χ1v) is 10.5. The lowest BCUT2D eigenvalue weighted by atomic mass is 9.75. The lowest BCUT2D eigenvalue weighted by molar-refractivity contribution is -0.152. The van der Waals surface area contributed by atoms with Gasteiger partial charge in [-0.05, 0) is 56.5 Å². The van der Waals surface area contributed by atoms with Crippen molar-refractivity contribution < 1.29 is 14.7 Å². The monoisotopic (exact) mass is 385 g/mol. The highest BCUT2D eigenvalue weighted by Crippen LogP contribution is 2.45. The summed E-state index contributed by atoms with van der Waals surface area (Å²) < 4.78 is 0. The van der Waals surface area contributed by atoms with E-state index in [-0.39, 0.29) is 5.91 Å². The van der Waals surface area contributed by atoms with Crippen molar-refractivity contribution in [3.63, 3.8) is 0 Å². The molecule has 0 radical (unpaired) electrons. The number of nitrogens with zero attached hydrogens (tertiary/aromatic N) is 3. The standard InChI is InChI=1S/C22H31N3O3/c1-23-11-13-24(14-12-23)19-7-5-18(6-8-19)20(26)25-10-2-9-22(16-25,21(27)28)15-17-3-4-17/h5-8,17H,2-4,9-16H2,1H3,(H,27,28)/t22-/m1/s1. The van der Waals surface area contributed by atoms with E-state index >= 15 is 0 Å². The van der Waals surface area contributed by atoms with E-state index in [2.05, 4.69) is 16.8 Å². The first kappa shape index (κ1) is 19.2. The fourth-order valence-electron chi connectivity index (χ4n) is 4.67. The molecule has 1 saturated carbocycles. The van der Waals surface area contributed by atoms with Gasteiger partial charge in [0.05, 0.1) is 5.41 Å². The van der Waals surface area contributed by atoms with Crippen LogP contribution in [0.1, 0.15) is 42.5 Å². The number of hydrogen-bond acceptors (Lipinski definition) is 4. The van der Waals surface area contributed by atoms with E-state index in [1.807, 2.05) is 24.3 Å². The second-order valence-electron chi connectivity index (χ2n) is 8.90. The minimum absolute atomic E-state index is 0.0361. The second kappa shape index (κ2) is 7.74. The Morgan fingerprint density at radius 1 is 1.07 bits per heavy atom. The van der Waals surface area contributed by atoms with Crippen molar-refractivity contribution in [1.29, 1.82) is 0 Å². The van der Waals surface area contributed by atoms with Crippen LogP contribution in [0, 0.1) is 11.3 Å². The van der Waals surface area contributed by atoms with E-state index in [1.165, 1.54) is 0 Å². The number of carboxylic acids is 1. The molecule has 1 atom stereocenters. The molecular formula is C22H31N3O3. The van der Waals surface area contributed by atoms with Gasteiger partial charge >= 0.3 is 5.97 Å². The minimum Gasteiger partial charge on any atom is -0.481 e. The Bertz CT molecular complexity index is 723. The Labute approximate surface area is 167 Å². The van der Waals surface area contributed by atoms with Crippen LogP contribution in [0.15, 0.2) is 24.3 Å². The van der Waals surface area contributed by atoms with Crippen LogP contribution >= 0.6 is 0 Å². The van der Waals surface area contributed by atoms with E-state index in [9.17, 15) is 14.7 Å². The zero-order chi connectivity index (χ0) is 19.7. The number of likely N-dealkylation sites (tertiary alicyclic amines) is 1. The SMILES string of the molecule is CN1CCN(c2ccc(C(=O)N3CCC[C@](CC4CC4)(C(=O)O)C3)cc2)CC1. The molecule has 28 heavy (non-hydrogen) atoms. The van der Waals surface area contributed by atoms with Crippen molar-refractivity contribution >= 4 is 17.6 Å². The maximum Gasteiger partial charge on any atom is 0.311 e. The van der Waals surface area contributed by atoms with Gasteiger partial charge in [-0.2, -0.15) is 0 Å². The number of carboxylic acid groups (broad SMARTS) is 1. The largest absolute Gasteiger partial charge is 0.481 e. The fourth-order valence-corrected chi connectivity index (χ4v) is 4.67. The van der Waals surface area contributed by atoms with E-state index in [4.69, 9.17) is 0 Å². The van der Waals surface area contributed by atoms with E-state index in [0.29, 0.717) is 37.4 Å². The van der Waals surface area contributed by atoms with E-state index in [1.54, 1.807) is 4.90 Å². The number of piperidine rings is 1. The normalized spacial score (nSPS) is 26.3. The van der Waals surface area contributed by atoms with Crippen molar-refractivity contribution in [3.8, 4) is 0 Å². The Hall–Kier alpha value is -2.08. The van der Waals surface area contributed by atoms with Gasteiger partial charge in [0.2, 0.25) is 0 Å². The summed E-state index contributed by atoms with van der Waals surface area (Å²) in [7, 11) is 2.14. The van der Waals surface area contributed by atoms with Crippen molar-refractivity contribution in [3.05, 3.63) is 29.8 Å². The average molecular weight is 386 g/mol. The predicted octanol–water partition coefficient (Wildman–Crippen LogP) is 2.55. The molecule has 2 heterocycles. The van der Waals surface area contributed by atoms with E-state index in [0.717, 1.165) is 51.1 Å². The molecule has 6 nitrogen and oxygen atoms in total. The summed E-state index contributed by atoms with van der Waals surface area (Å²) in [6, 6.07) is 7.84. The van der Waals surface area contributed by atoms with Gasteiger partial charge < -0.3 is 19.8 Å². The molecule has 1 aromatic rings. The third-order valence-corrected chi connectivity index (χ3v) is 6.68. The highest BCUT2D eigenvalue weighted by atomic mass is 16.4. The van der Waals surface area contributed by atoms with Gasteiger partial charge in [-0.25, -0.2) is 0 Å². The van der Waals surface area contributed by atoms with Crippen LogP contribution in [0.3, 0.4) is 0 Å². The number of carbonyl (C=O) groups is 2. The molecule has 3 aliphatic rings. The number of anilines is 1. The molecule has 0 spiro atoms. The maximum atomic E-state index is 13.1. The third kappa shape index (κ3) is 4.02. The summed E-state index contributed by atoms with van der Waals surface area (Å²) in [4.78, 5) is 31.5. The number of likely N-dealkylation sites (N-methyl/N-ethyl adjacent to an activating group) is 1. The zero-order valence-electron chi connectivity index (χ0n) is 16.8. The first-order chi connectivity index (χ1) is 13.5. The second-order valence-corrected chi connectivity index (χ2v) is 8.90. The Morgan fingerprint density at radius 3 is 2.36 bits per heavy atom. The van der Waals surface area contributed by atoms with Crippen LogP contribution in [-0.2, 0) is 4.79 Å². The molecule has 152 valence electrons. The number of piperazine rings is 1. The number of benzene rings is 1. The van der Waals surface area contributed by atoms with Crippen LogP contribution in [-0.4, -0.2) is 73.1 Å². The van der Waals surface area contributed by atoms with Gasteiger partial charge in [0, 0.05) is 50.5 Å². The number of hydrogen-bond donors (Lipinski definition) is 1. The Morgan fingerprint density at radius 2 is 1.75 bits per heavy atom. The van der Waals surface area contributed by atoms with Crippen LogP contribution in [0.5, 0.6) is 0 Å². The highest BCUT2D eigenvalue weighted by Gasteiger charge is 2.46. The van der Waals surface area contributed by atoms with Crippen molar-refractivity contribution in [2.75, 3.05) is 51.2 Å². The van der Waals surface area contributed by atoms with Crippen molar-refractivity contribution in [1.82, 2.24) is 9.80 Å². The van der Waals surface area contributed by atoms with Crippen molar-refractivity contribution in [2.24, 2.45) is 11.3 Å². The Kier molecular flexibility index (Phi) is 5.32. The molecule has 1 aromatic carbocycles. The lowest BCUT2D eigenvalue weighted by Gasteiger charge is -2.40. The molecule has 1 N–H and O–H groups in total. The van der Waals surface area contributed by atoms with Crippen LogP contribution < -0.4 is 4.90 Å². The minimum atomic E-state index is -0.755. The maximum absolute atomic E-state index is 13.1. The molecule has 0 unspecified atom stereocenters. The van der Waals surface area contributed by atoms with Gasteiger partial charge in [-0.1, -0.05) is 12.8 Å². The smallest absolute Gasteiger partial charge is 0.311 e. The molecule has 0 aromatic heterocycles. The molecule has 3 fully saturated rings. The van der Waals surface area contributed by atoms with Gasteiger partial charge in [-0.15, -0.1) is 0 Å². The average Bonchev–Trinajstić information content (AvgIpc) is 3.52. The Balaban J connectivity index is 1.44. The molecule has 4 rings (SSSR count). The third-order valence-electron chi connectivity index (χ3n) is 6.68. The first-order valence-electron chi connectivity index (χ1n) is 10.5. The van der Waals surface area contributed by atoms with E-state index < -0.39 is 11.4 Å². The summed E-state index contributed by atoms with van der Waals surface area (Å²) in [6.07, 6.45) is 4.44. The van der Waals surface area contributed by atoms with Crippen LogP contribution in [0.25, 0.3) is 0 Å². The lowest BCUT2D eigenvalue weighted by Crippen LogP contribution is -2.50. The fraction of sp³-hybridized carbons (Fsp3) is 0.636. The molecule has 6 heteroatoms. The molecule has 0 bridgehead atoms. The summed E-state index contributed by atoms with van der Waals surface area (Å²) in [5, 5.41) is 9.89.